The molecule has 1 amide bonds. The van der Waals surface area contributed by atoms with E-state index < -0.39 is 0 Å². The minimum absolute atomic E-state index is 0.165. The molecule has 1 saturated carbocycles. The third kappa shape index (κ3) is 3.35. The van der Waals surface area contributed by atoms with Crippen molar-refractivity contribution in [1.29, 1.82) is 0 Å². The standard InChI is InChI=1S/C14H23N3O/c1-15-10-14(6-2-7-14)11-17-13(18)4-3-12-5-8-16-9-12/h5,8-9,15-16H,2-4,6-7,10-11H2,1H3,(H,17,18). The molecule has 0 radical (unpaired) electrons. The van der Waals surface area contributed by atoms with Crippen molar-refractivity contribution in [3.8, 4) is 0 Å². The Hall–Kier alpha value is -1.29. The molecule has 1 fully saturated rings. The van der Waals surface area contributed by atoms with E-state index in [-0.39, 0.29) is 5.91 Å². The second kappa shape index (κ2) is 6.05. The van der Waals surface area contributed by atoms with Crippen LogP contribution in [0.5, 0.6) is 0 Å². The van der Waals surface area contributed by atoms with E-state index in [1.165, 1.54) is 24.8 Å². The zero-order valence-electron chi connectivity index (χ0n) is 11.1. The molecule has 3 N–H and O–H groups in total. The molecule has 18 heavy (non-hydrogen) atoms. The van der Waals surface area contributed by atoms with Crippen LogP contribution in [0.3, 0.4) is 0 Å². The highest BCUT2D eigenvalue weighted by Crippen LogP contribution is 2.39. The van der Waals surface area contributed by atoms with Crippen LogP contribution < -0.4 is 10.6 Å². The van der Waals surface area contributed by atoms with E-state index in [0.29, 0.717) is 11.8 Å². The quantitative estimate of drug-likeness (QED) is 0.685. The van der Waals surface area contributed by atoms with Gasteiger partial charge in [-0.1, -0.05) is 6.42 Å². The van der Waals surface area contributed by atoms with E-state index >= 15 is 0 Å². The number of hydrogen-bond donors (Lipinski definition) is 3. The van der Waals surface area contributed by atoms with Crippen molar-refractivity contribution in [2.24, 2.45) is 5.41 Å². The second-order valence-corrected chi connectivity index (χ2v) is 5.38. The maximum atomic E-state index is 11.8. The summed E-state index contributed by atoms with van der Waals surface area (Å²) in [5.74, 6) is 0.165. The molecule has 2 rings (SSSR count). The average Bonchev–Trinajstić information content (AvgIpc) is 2.82. The Morgan fingerprint density at radius 2 is 2.28 bits per heavy atom. The smallest absolute Gasteiger partial charge is 0.220 e. The van der Waals surface area contributed by atoms with Gasteiger partial charge in [-0.25, -0.2) is 0 Å². The molecule has 4 heteroatoms. The number of aryl methyl sites for hydroxylation is 1. The molecule has 0 aromatic carbocycles. The van der Waals surface area contributed by atoms with E-state index in [9.17, 15) is 4.79 Å². The zero-order chi connectivity index (χ0) is 12.8. The van der Waals surface area contributed by atoms with Crippen LogP contribution in [0.2, 0.25) is 0 Å². The van der Waals surface area contributed by atoms with Crippen LogP contribution in [-0.2, 0) is 11.2 Å². The van der Waals surface area contributed by atoms with E-state index in [4.69, 9.17) is 0 Å². The summed E-state index contributed by atoms with van der Waals surface area (Å²) in [7, 11) is 1.98. The Morgan fingerprint density at radius 1 is 1.44 bits per heavy atom. The Morgan fingerprint density at radius 3 is 2.83 bits per heavy atom. The normalized spacial score (nSPS) is 17.2. The minimum Gasteiger partial charge on any atom is -0.367 e. The lowest BCUT2D eigenvalue weighted by Gasteiger charge is -2.42. The first kappa shape index (κ1) is 13.1. The minimum atomic E-state index is 0.165. The number of aromatic amines is 1. The third-order valence-corrected chi connectivity index (χ3v) is 3.93. The van der Waals surface area contributed by atoms with Crippen molar-refractivity contribution in [2.45, 2.75) is 32.1 Å². The van der Waals surface area contributed by atoms with E-state index in [0.717, 1.165) is 19.5 Å². The van der Waals surface area contributed by atoms with Crippen LogP contribution in [0.25, 0.3) is 0 Å². The summed E-state index contributed by atoms with van der Waals surface area (Å²) in [4.78, 5) is 14.8. The molecule has 100 valence electrons. The molecule has 0 unspecified atom stereocenters. The topological polar surface area (TPSA) is 56.9 Å². The van der Waals surface area contributed by atoms with Gasteiger partial charge in [-0.2, -0.15) is 0 Å². The number of amides is 1. The summed E-state index contributed by atoms with van der Waals surface area (Å²) in [6.07, 6.45) is 8.98. The molecule has 0 saturated heterocycles. The van der Waals surface area contributed by atoms with Gasteiger partial charge in [0.25, 0.3) is 0 Å². The Labute approximate surface area is 109 Å². The molecule has 1 aromatic heterocycles. The van der Waals surface area contributed by atoms with Gasteiger partial charge in [0.15, 0.2) is 0 Å². The molecule has 0 aliphatic heterocycles. The first-order chi connectivity index (χ1) is 8.74. The molecular formula is C14H23N3O. The van der Waals surface area contributed by atoms with Crippen LogP contribution in [-0.4, -0.2) is 31.0 Å². The molecule has 1 aromatic rings. The van der Waals surface area contributed by atoms with Crippen LogP contribution in [0.4, 0.5) is 0 Å². The van der Waals surface area contributed by atoms with Crippen molar-refractivity contribution in [3.05, 3.63) is 24.0 Å². The van der Waals surface area contributed by atoms with Gasteiger partial charge in [0.2, 0.25) is 5.91 Å². The van der Waals surface area contributed by atoms with Gasteiger partial charge in [0.1, 0.15) is 0 Å². The highest BCUT2D eigenvalue weighted by atomic mass is 16.1. The van der Waals surface area contributed by atoms with Gasteiger partial charge in [-0.3, -0.25) is 4.79 Å². The number of nitrogens with one attached hydrogen (secondary N) is 3. The van der Waals surface area contributed by atoms with E-state index in [2.05, 4.69) is 15.6 Å². The van der Waals surface area contributed by atoms with Crippen molar-refractivity contribution < 1.29 is 4.79 Å². The molecule has 4 nitrogen and oxygen atoms in total. The lowest BCUT2D eigenvalue weighted by Crippen LogP contribution is -2.47. The number of rotatable bonds is 7. The molecular weight excluding hydrogens is 226 g/mol. The van der Waals surface area contributed by atoms with Crippen molar-refractivity contribution in [3.63, 3.8) is 0 Å². The van der Waals surface area contributed by atoms with Gasteiger partial charge in [0.05, 0.1) is 0 Å². The van der Waals surface area contributed by atoms with Gasteiger partial charge in [-0.05, 0) is 37.9 Å². The Kier molecular flexibility index (Phi) is 4.42. The second-order valence-electron chi connectivity index (χ2n) is 5.38. The van der Waals surface area contributed by atoms with Crippen LogP contribution in [0.1, 0.15) is 31.2 Å². The van der Waals surface area contributed by atoms with E-state index in [1.807, 2.05) is 25.5 Å². The van der Waals surface area contributed by atoms with Gasteiger partial charge in [0, 0.05) is 37.3 Å². The maximum Gasteiger partial charge on any atom is 0.220 e. The fourth-order valence-electron chi connectivity index (χ4n) is 2.61. The molecule has 0 bridgehead atoms. The monoisotopic (exact) mass is 249 g/mol. The molecule has 1 heterocycles. The van der Waals surface area contributed by atoms with Gasteiger partial charge in [-0.15, -0.1) is 0 Å². The lowest BCUT2D eigenvalue weighted by molar-refractivity contribution is -0.121. The SMILES string of the molecule is CNCC1(CNC(=O)CCc2cc[nH]c2)CCC1. The maximum absolute atomic E-state index is 11.8. The fourth-order valence-corrected chi connectivity index (χ4v) is 2.61. The van der Waals surface area contributed by atoms with E-state index in [1.54, 1.807) is 0 Å². The summed E-state index contributed by atoms with van der Waals surface area (Å²) in [6.45, 7) is 1.82. The summed E-state index contributed by atoms with van der Waals surface area (Å²) in [6, 6.07) is 2.02. The summed E-state index contributed by atoms with van der Waals surface area (Å²) < 4.78 is 0. The highest BCUT2D eigenvalue weighted by Gasteiger charge is 2.36. The Balaban J connectivity index is 1.68. The van der Waals surface area contributed by atoms with Crippen molar-refractivity contribution in [1.82, 2.24) is 15.6 Å². The zero-order valence-corrected chi connectivity index (χ0v) is 11.1. The Bertz CT molecular complexity index is 368. The highest BCUT2D eigenvalue weighted by molar-refractivity contribution is 5.76. The van der Waals surface area contributed by atoms with Gasteiger partial charge >= 0.3 is 0 Å². The van der Waals surface area contributed by atoms with Gasteiger partial charge < -0.3 is 15.6 Å². The summed E-state index contributed by atoms with van der Waals surface area (Å²) in [5.41, 5.74) is 1.51. The largest absolute Gasteiger partial charge is 0.367 e. The molecule has 1 aliphatic carbocycles. The predicted molar refractivity (Wildman–Crippen MR) is 72.3 cm³/mol. The molecule has 1 aliphatic rings. The molecule has 0 spiro atoms. The lowest BCUT2D eigenvalue weighted by atomic mass is 9.68. The van der Waals surface area contributed by atoms with Crippen molar-refractivity contribution >= 4 is 5.91 Å². The number of aromatic nitrogens is 1. The first-order valence-corrected chi connectivity index (χ1v) is 6.77. The van der Waals surface area contributed by atoms with Crippen LogP contribution >= 0.6 is 0 Å². The predicted octanol–water partition coefficient (Wildman–Crippen LogP) is 1.45. The first-order valence-electron chi connectivity index (χ1n) is 6.77. The third-order valence-electron chi connectivity index (χ3n) is 3.93. The molecule has 0 atom stereocenters. The number of hydrogen-bond acceptors (Lipinski definition) is 2. The van der Waals surface area contributed by atoms with Crippen LogP contribution in [0.15, 0.2) is 18.5 Å². The summed E-state index contributed by atoms with van der Waals surface area (Å²) in [5, 5.41) is 6.32. The number of carbonyl (C=O) groups is 1. The van der Waals surface area contributed by atoms with Crippen LogP contribution in [0, 0.1) is 5.41 Å². The number of carbonyl (C=O) groups excluding carboxylic acids is 1. The van der Waals surface area contributed by atoms with Crippen molar-refractivity contribution in [2.75, 3.05) is 20.1 Å². The average molecular weight is 249 g/mol. The number of H-pyrrole nitrogens is 1. The summed E-state index contributed by atoms with van der Waals surface area (Å²) >= 11 is 0. The fraction of sp³-hybridized carbons (Fsp3) is 0.643.